The molecule has 2 N–H and O–H groups in total. The van der Waals surface area contributed by atoms with Crippen LogP contribution in [0, 0.1) is 17.8 Å². The Morgan fingerprint density at radius 3 is 2.52 bits per heavy atom. The Morgan fingerprint density at radius 1 is 1.18 bits per heavy atom. The van der Waals surface area contributed by atoms with Gasteiger partial charge in [0.25, 0.3) is 11.5 Å². The van der Waals surface area contributed by atoms with Gasteiger partial charge in [-0.15, -0.1) is 11.3 Å². The van der Waals surface area contributed by atoms with Crippen LogP contribution in [0.1, 0.15) is 67.9 Å². The highest BCUT2D eigenvalue weighted by Gasteiger charge is 2.52. The van der Waals surface area contributed by atoms with Crippen molar-refractivity contribution in [1.29, 1.82) is 0 Å². The van der Waals surface area contributed by atoms with Gasteiger partial charge >= 0.3 is 0 Å². The van der Waals surface area contributed by atoms with Crippen LogP contribution in [0.2, 0.25) is 0 Å². The smallest absolute Gasteiger partial charge is 0.267 e. The second-order valence-electron chi connectivity index (χ2n) is 10.4. The Morgan fingerprint density at radius 2 is 1.85 bits per heavy atom. The fraction of sp³-hybridized carbons (Fsp3) is 0.500. The van der Waals surface area contributed by atoms with Crippen LogP contribution in [0.25, 0.3) is 10.9 Å². The normalized spacial score (nSPS) is 27.8. The summed E-state index contributed by atoms with van der Waals surface area (Å²) in [6.07, 6.45) is 8.50. The first-order valence-corrected chi connectivity index (χ1v) is 13.0. The van der Waals surface area contributed by atoms with Crippen molar-refractivity contribution in [3.63, 3.8) is 0 Å². The number of para-hydroxylation sites is 1. The Hall–Kier alpha value is -2.67. The zero-order valence-electron chi connectivity index (χ0n) is 18.8. The zero-order valence-corrected chi connectivity index (χ0v) is 19.7. The monoisotopic (exact) mass is 463 g/mol. The number of thiazole rings is 1. The third-order valence-electron chi connectivity index (χ3n) is 8.13. The van der Waals surface area contributed by atoms with Crippen LogP contribution in [-0.4, -0.2) is 20.6 Å². The van der Waals surface area contributed by atoms with Crippen molar-refractivity contribution in [2.24, 2.45) is 17.8 Å². The molecule has 0 unspecified atom stereocenters. The maximum Gasteiger partial charge on any atom is 0.267 e. The minimum Gasteiger partial charge on any atom is -0.506 e. The standard InChI is InChI=1S/C26H29N3O3S/c1-2-7-29-19-6-4-3-5-18(19)22(30)21(24(29)32)23(31)28-25-27-20(14-33-25)26-11-15-8-16(12-26)10-17(9-15)13-26/h3-6,14-17,30H,2,7-13H2,1H3,(H,27,28,31). The molecule has 6 nitrogen and oxygen atoms in total. The lowest BCUT2D eigenvalue weighted by molar-refractivity contribution is -0.00688. The zero-order chi connectivity index (χ0) is 22.7. The van der Waals surface area contributed by atoms with E-state index in [4.69, 9.17) is 4.98 Å². The minimum atomic E-state index is -0.598. The van der Waals surface area contributed by atoms with E-state index in [0.717, 1.165) is 29.9 Å². The number of hydrogen-bond donors (Lipinski definition) is 2. The van der Waals surface area contributed by atoms with Crippen LogP contribution >= 0.6 is 11.3 Å². The van der Waals surface area contributed by atoms with E-state index in [0.29, 0.717) is 22.6 Å². The van der Waals surface area contributed by atoms with Gasteiger partial charge in [-0.2, -0.15) is 0 Å². The molecule has 0 radical (unpaired) electrons. The van der Waals surface area contributed by atoms with E-state index in [9.17, 15) is 14.7 Å². The van der Waals surface area contributed by atoms with E-state index in [-0.39, 0.29) is 16.7 Å². The molecule has 4 bridgehead atoms. The lowest BCUT2D eigenvalue weighted by atomic mass is 9.49. The van der Waals surface area contributed by atoms with Crippen molar-refractivity contribution >= 4 is 33.3 Å². The molecule has 172 valence electrons. The number of nitrogens with zero attached hydrogens (tertiary/aromatic N) is 2. The number of anilines is 1. The molecule has 4 aliphatic carbocycles. The van der Waals surface area contributed by atoms with Crippen molar-refractivity contribution < 1.29 is 9.90 Å². The maximum absolute atomic E-state index is 13.2. The molecular formula is C26H29N3O3S. The molecule has 0 spiro atoms. The largest absolute Gasteiger partial charge is 0.506 e. The summed E-state index contributed by atoms with van der Waals surface area (Å²) < 4.78 is 1.58. The molecule has 1 amide bonds. The van der Waals surface area contributed by atoms with E-state index in [1.54, 1.807) is 22.8 Å². The molecule has 0 saturated heterocycles. The summed E-state index contributed by atoms with van der Waals surface area (Å²) in [6, 6.07) is 7.16. The van der Waals surface area contributed by atoms with Crippen LogP contribution < -0.4 is 10.9 Å². The Kier molecular flexibility index (Phi) is 4.87. The third-order valence-corrected chi connectivity index (χ3v) is 8.88. The molecule has 4 aliphatic rings. The lowest BCUT2D eigenvalue weighted by Gasteiger charge is -2.56. The molecule has 1 aromatic carbocycles. The average Bonchev–Trinajstić information content (AvgIpc) is 3.25. The first kappa shape index (κ1) is 20.9. The molecule has 0 atom stereocenters. The van der Waals surface area contributed by atoms with Gasteiger partial charge < -0.3 is 9.67 Å². The first-order chi connectivity index (χ1) is 16.0. The second-order valence-corrected chi connectivity index (χ2v) is 11.2. The number of benzene rings is 1. The van der Waals surface area contributed by atoms with Crippen LogP contribution in [-0.2, 0) is 12.0 Å². The number of fused-ring (bicyclic) bond motifs is 1. The molecular weight excluding hydrogens is 434 g/mol. The van der Waals surface area contributed by atoms with Gasteiger partial charge in [0, 0.05) is 22.7 Å². The van der Waals surface area contributed by atoms with Crippen molar-refractivity contribution in [3.8, 4) is 5.75 Å². The molecule has 4 saturated carbocycles. The summed E-state index contributed by atoms with van der Waals surface area (Å²) >= 11 is 1.42. The van der Waals surface area contributed by atoms with Crippen molar-refractivity contribution in [2.45, 2.75) is 63.8 Å². The predicted octanol–water partition coefficient (Wildman–Crippen LogP) is 5.29. The van der Waals surface area contributed by atoms with Crippen molar-refractivity contribution in [3.05, 3.63) is 51.3 Å². The summed E-state index contributed by atoms with van der Waals surface area (Å²) in [4.78, 5) is 31.2. The topological polar surface area (TPSA) is 84.2 Å². The molecule has 4 fully saturated rings. The van der Waals surface area contributed by atoms with E-state index in [1.165, 1.54) is 49.9 Å². The average molecular weight is 464 g/mol. The van der Waals surface area contributed by atoms with Crippen LogP contribution in [0.5, 0.6) is 5.75 Å². The highest BCUT2D eigenvalue weighted by Crippen LogP contribution is 2.60. The molecule has 0 aliphatic heterocycles. The van der Waals surface area contributed by atoms with Gasteiger partial charge in [-0.3, -0.25) is 14.9 Å². The number of hydrogen-bond acceptors (Lipinski definition) is 5. The van der Waals surface area contributed by atoms with Gasteiger partial charge in [-0.25, -0.2) is 4.98 Å². The van der Waals surface area contributed by atoms with Gasteiger partial charge in [-0.05, 0) is 74.8 Å². The number of carbonyl (C=O) groups is 1. The third kappa shape index (κ3) is 3.31. The Labute approximate surface area is 196 Å². The van der Waals surface area contributed by atoms with E-state index in [1.807, 2.05) is 13.0 Å². The summed E-state index contributed by atoms with van der Waals surface area (Å²) in [5, 5.41) is 16.8. The maximum atomic E-state index is 13.2. The van der Waals surface area contributed by atoms with Crippen molar-refractivity contribution in [1.82, 2.24) is 9.55 Å². The van der Waals surface area contributed by atoms with Crippen LogP contribution in [0.15, 0.2) is 34.4 Å². The quantitative estimate of drug-likeness (QED) is 0.538. The number of aryl methyl sites for hydroxylation is 1. The van der Waals surface area contributed by atoms with Gasteiger partial charge in [0.05, 0.1) is 11.2 Å². The number of nitrogens with one attached hydrogen (secondary N) is 1. The van der Waals surface area contributed by atoms with Crippen molar-refractivity contribution in [2.75, 3.05) is 5.32 Å². The molecule has 2 aromatic heterocycles. The summed E-state index contributed by atoms with van der Waals surface area (Å²) in [5.74, 6) is 1.60. The number of amides is 1. The molecule has 7 rings (SSSR count). The first-order valence-electron chi connectivity index (χ1n) is 12.1. The highest BCUT2D eigenvalue weighted by atomic mass is 32.1. The number of pyridine rings is 1. The molecule has 7 heteroatoms. The number of aromatic hydroxyl groups is 1. The van der Waals surface area contributed by atoms with Crippen LogP contribution in [0.4, 0.5) is 5.13 Å². The van der Waals surface area contributed by atoms with E-state index < -0.39 is 11.5 Å². The molecule has 3 aromatic rings. The summed E-state index contributed by atoms with van der Waals surface area (Å²) in [6.45, 7) is 2.46. The number of aromatic nitrogens is 2. The fourth-order valence-corrected chi connectivity index (χ4v) is 8.03. The highest BCUT2D eigenvalue weighted by molar-refractivity contribution is 7.14. The summed E-state index contributed by atoms with van der Waals surface area (Å²) in [5.41, 5.74) is 1.22. The molecule has 33 heavy (non-hydrogen) atoms. The Bertz CT molecular complexity index is 1270. The fourth-order valence-electron chi connectivity index (χ4n) is 7.20. The van der Waals surface area contributed by atoms with Gasteiger partial charge in [-0.1, -0.05) is 19.1 Å². The number of rotatable bonds is 5. The summed E-state index contributed by atoms with van der Waals surface area (Å²) in [7, 11) is 0. The Balaban J connectivity index is 1.32. The molecule has 2 heterocycles. The minimum absolute atomic E-state index is 0.160. The van der Waals surface area contributed by atoms with Gasteiger partial charge in [0.1, 0.15) is 11.3 Å². The predicted molar refractivity (Wildman–Crippen MR) is 130 cm³/mol. The lowest BCUT2D eigenvalue weighted by Crippen LogP contribution is -2.48. The van der Waals surface area contributed by atoms with Gasteiger partial charge in [0.15, 0.2) is 5.13 Å². The van der Waals surface area contributed by atoms with E-state index in [2.05, 4.69) is 10.7 Å². The second kappa shape index (κ2) is 7.69. The van der Waals surface area contributed by atoms with E-state index >= 15 is 0 Å². The number of carbonyl (C=O) groups excluding carboxylic acids is 1. The van der Waals surface area contributed by atoms with Gasteiger partial charge in [0.2, 0.25) is 0 Å². The SMILES string of the molecule is CCCn1c(=O)c(C(=O)Nc2nc(C34CC5CC(CC(C5)C3)C4)cs2)c(O)c2ccccc21. The van der Waals surface area contributed by atoms with Crippen LogP contribution in [0.3, 0.4) is 0 Å².